The molecule has 0 aliphatic rings. The standard InChI is InChI=1S/C17H26N6S.HI/c1-14-21-22-16(23(14)2)13-20-17(18-10-7-11-24-3)19-12-15-8-5-4-6-9-15;/h4-6,8-9H,7,10-13H2,1-3H3,(H2,18,19,20);1H. The van der Waals surface area contributed by atoms with Crippen molar-refractivity contribution in [3.05, 3.63) is 47.5 Å². The van der Waals surface area contributed by atoms with Crippen molar-refractivity contribution in [2.45, 2.75) is 26.4 Å². The first-order valence-electron chi connectivity index (χ1n) is 8.10. The molecule has 0 radical (unpaired) electrons. The number of benzene rings is 1. The van der Waals surface area contributed by atoms with Crippen LogP contribution in [0, 0.1) is 6.92 Å². The summed E-state index contributed by atoms with van der Waals surface area (Å²) in [5.74, 6) is 3.75. The molecule has 0 unspecified atom stereocenters. The van der Waals surface area contributed by atoms with E-state index in [9.17, 15) is 0 Å². The fourth-order valence-corrected chi connectivity index (χ4v) is 2.55. The second kappa shape index (κ2) is 12.1. The number of guanidine groups is 1. The van der Waals surface area contributed by atoms with E-state index >= 15 is 0 Å². The highest BCUT2D eigenvalue weighted by Gasteiger charge is 2.06. The van der Waals surface area contributed by atoms with Crippen molar-refractivity contribution in [2.75, 3.05) is 18.6 Å². The van der Waals surface area contributed by atoms with Gasteiger partial charge in [-0.25, -0.2) is 4.99 Å². The highest BCUT2D eigenvalue weighted by Crippen LogP contribution is 2.01. The van der Waals surface area contributed by atoms with Crippen LogP contribution in [-0.2, 0) is 20.1 Å². The third kappa shape index (κ3) is 7.64. The van der Waals surface area contributed by atoms with E-state index < -0.39 is 0 Å². The maximum Gasteiger partial charge on any atom is 0.191 e. The van der Waals surface area contributed by atoms with Gasteiger partial charge in [-0.2, -0.15) is 11.8 Å². The van der Waals surface area contributed by atoms with Crippen LogP contribution >= 0.6 is 35.7 Å². The third-order valence-electron chi connectivity index (χ3n) is 3.68. The molecule has 0 spiro atoms. The number of hydrogen-bond acceptors (Lipinski definition) is 4. The fraction of sp³-hybridized carbons (Fsp3) is 0.471. The topological polar surface area (TPSA) is 67.1 Å². The van der Waals surface area contributed by atoms with Crippen LogP contribution < -0.4 is 10.6 Å². The van der Waals surface area contributed by atoms with Gasteiger partial charge in [0.15, 0.2) is 11.8 Å². The van der Waals surface area contributed by atoms with Gasteiger partial charge in [0.25, 0.3) is 0 Å². The second-order valence-corrected chi connectivity index (χ2v) is 6.49. The normalized spacial score (nSPS) is 11.1. The number of aliphatic imine (C=N–C) groups is 1. The lowest BCUT2D eigenvalue weighted by Gasteiger charge is -2.12. The van der Waals surface area contributed by atoms with E-state index in [4.69, 9.17) is 0 Å². The molecular weight excluding hydrogens is 447 g/mol. The van der Waals surface area contributed by atoms with Crippen molar-refractivity contribution in [3.63, 3.8) is 0 Å². The van der Waals surface area contributed by atoms with E-state index in [-0.39, 0.29) is 24.0 Å². The summed E-state index contributed by atoms with van der Waals surface area (Å²) in [7, 11) is 1.97. The van der Waals surface area contributed by atoms with Crippen LogP contribution in [-0.4, -0.2) is 39.3 Å². The van der Waals surface area contributed by atoms with Crippen molar-refractivity contribution < 1.29 is 0 Å². The first-order chi connectivity index (χ1) is 11.7. The van der Waals surface area contributed by atoms with Gasteiger partial charge in [0.05, 0.1) is 13.1 Å². The SMILES string of the molecule is CSCCCNC(=NCc1ccccc1)NCc1nnc(C)n1C.I. The van der Waals surface area contributed by atoms with E-state index in [0.29, 0.717) is 13.1 Å². The average molecular weight is 474 g/mol. The molecule has 0 saturated heterocycles. The number of nitrogens with one attached hydrogen (secondary N) is 2. The molecule has 1 aromatic heterocycles. The molecule has 25 heavy (non-hydrogen) atoms. The van der Waals surface area contributed by atoms with E-state index in [1.165, 1.54) is 5.56 Å². The Balaban J connectivity index is 0.00000312. The summed E-state index contributed by atoms with van der Waals surface area (Å²) in [6.07, 6.45) is 3.23. The van der Waals surface area contributed by atoms with Gasteiger partial charge in [-0.15, -0.1) is 34.2 Å². The molecule has 0 aliphatic carbocycles. The molecule has 0 atom stereocenters. The molecule has 0 amide bonds. The second-order valence-electron chi connectivity index (χ2n) is 5.50. The summed E-state index contributed by atoms with van der Waals surface area (Å²) < 4.78 is 1.98. The number of rotatable bonds is 8. The Labute approximate surface area is 171 Å². The number of nitrogens with zero attached hydrogens (tertiary/aromatic N) is 4. The van der Waals surface area contributed by atoms with Gasteiger partial charge < -0.3 is 15.2 Å². The lowest BCUT2D eigenvalue weighted by Crippen LogP contribution is -2.38. The van der Waals surface area contributed by atoms with Crippen LogP contribution in [0.25, 0.3) is 0 Å². The Kier molecular flexibility index (Phi) is 10.6. The predicted octanol–water partition coefficient (Wildman–Crippen LogP) is 2.73. The quantitative estimate of drug-likeness (QED) is 0.267. The van der Waals surface area contributed by atoms with Gasteiger partial charge in [0.1, 0.15) is 5.82 Å². The average Bonchev–Trinajstić information content (AvgIpc) is 2.93. The van der Waals surface area contributed by atoms with Gasteiger partial charge in [-0.1, -0.05) is 30.3 Å². The van der Waals surface area contributed by atoms with Crippen molar-refractivity contribution in [1.82, 2.24) is 25.4 Å². The predicted molar refractivity (Wildman–Crippen MR) is 117 cm³/mol. The molecule has 2 N–H and O–H groups in total. The lowest BCUT2D eigenvalue weighted by molar-refractivity contribution is 0.711. The number of halogens is 1. The van der Waals surface area contributed by atoms with Gasteiger partial charge in [-0.3, -0.25) is 0 Å². The molecule has 0 aliphatic heterocycles. The third-order valence-corrected chi connectivity index (χ3v) is 4.37. The highest BCUT2D eigenvalue weighted by atomic mass is 127. The van der Waals surface area contributed by atoms with Crippen molar-refractivity contribution in [2.24, 2.45) is 12.0 Å². The Morgan fingerprint density at radius 2 is 1.96 bits per heavy atom. The molecule has 0 saturated carbocycles. The Hall–Kier alpha value is -1.29. The van der Waals surface area contributed by atoms with Crippen LogP contribution in [0.1, 0.15) is 23.6 Å². The zero-order valence-corrected chi connectivity index (χ0v) is 18.2. The van der Waals surface area contributed by atoms with Crippen molar-refractivity contribution in [3.8, 4) is 0 Å². The molecule has 8 heteroatoms. The van der Waals surface area contributed by atoms with Gasteiger partial charge in [-0.05, 0) is 30.9 Å². The van der Waals surface area contributed by atoms with Crippen LogP contribution in [0.15, 0.2) is 35.3 Å². The van der Waals surface area contributed by atoms with Crippen LogP contribution in [0.2, 0.25) is 0 Å². The Morgan fingerprint density at radius 1 is 1.20 bits per heavy atom. The molecular formula is C17H27IN6S. The number of thioether (sulfide) groups is 1. The van der Waals surface area contributed by atoms with Crippen LogP contribution in [0.5, 0.6) is 0 Å². The zero-order chi connectivity index (χ0) is 17.2. The number of aryl methyl sites for hydroxylation is 1. The van der Waals surface area contributed by atoms with Gasteiger partial charge in [0, 0.05) is 13.6 Å². The van der Waals surface area contributed by atoms with E-state index in [1.807, 2.05) is 48.5 Å². The number of aromatic nitrogens is 3. The molecule has 2 aromatic rings. The largest absolute Gasteiger partial charge is 0.356 e. The fourth-order valence-electron chi connectivity index (χ4n) is 2.12. The van der Waals surface area contributed by atoms with Gasteiger partial charge >= 0.3 is 0 Å². The number of hydrogen-bond donors (Lipinski definition) is 2. The summed E-state index contributed by atoms with van der Waals surface area (Å²) >= 11 is 1.86. The summed E-state index contributed by atoms with van der Waals surface area (Å²) in [4.78, 5) is 4.67. The first-order valence-corrected chi connectivity index (χ1v) is 9.50. The lowest BCUT2D eigenvalue weighted by atomic mass is 10.2. The minimum Gasteiger partial charge on any atom is -0.356 e. The van der Waals surface area contributed by atoms with E-state index in [0.717, 1.165) is 36.3 Å². The molecule has 6 nitrogen and oxygen atoms in total. The smallest absolute Gasteiger partial charge is 0.191 e. The summed E-state index contributed by atoms with van der Waals surface area (Å²) in [6, 6.07) is 10.3. The minimum absolute atomic E-state index is 0. The first kappa shape index (κ1) is 21.8. The minimum atomic E-state index is 0. The van der Waals surface area contributed by atoms with Crippen LogP contribution in [0.3, 0.4) is 0 Å². The maximum atomic E-state index is 4.67. The highest BCUT2D eigenvalue weighted by molar-refractivity contribution is 14.0. The van der Waals surface area contributed by atoms with Crippen LogP contribution in [0.4, 0.5) is 0 Å². The molecule has 1 aromatic carbocycles. The molecule has 1 heterocycles. The maximum absolute atomic E-state index is 4.67. The molecule has 0 fully saturated rings. The summed E-state index contributed by atoms with van der Waals surface area (Å²) in [6.45, 7) is 4.10. The zero-order valence-electron chi connectivity index (χ0n) is 15.0. The Morgan fingerprint density at radius 3 is 2.60 bits per heavy atom. The molecule has 138 valence electrons. The van der Waals surface area contributed by atoms with Gasteiger partial charge in [0.2, 0.25) is 0 Å². The Bertz CT molecular complexity index is 644. The molecule has 2 rings (SSSR count). The molecule has 0 bridgehead atoms. The van der Waals surface area contributed by atoms with Crippen molar-refractivity contribution >= 4 is 41.7 Å². The summed E-state index contributed by atoms with van der Waals surface area (Å²) in [5, 5.41) is 15.0. The van der Waals surface area contributed by atoms with E-state index in [1.54, 1.807) is 0 Å². The van der Waals surface area contributed by atoms with Crippen molar-refractivity contribution in [1.29, 1.82) is 0 Å². The monoisotopic (exact) mass is 474 g/mol. The van der Waals surface area contributed by atoms with E-state index in [2.05, 4.69) is 44.2 Å². The summed E-state index contributed by atoms with van der Waals surface area (Å²) in [5.41, 5.74) is 1.19.